The Hall–Kier alpha value is -3.54. The van der Waals surface area contributed by atoms with Crippen LogP contribution in [0.1, 0.15) is 19.7 Å². The fourth-order valence-corrected chi connectivity index (χ4v) is 6.13. The predicted octanol–water partition coefficient (Wildman–Crippen LogP) is 4.40. The van der Waals surface area contributed by atoms with Crippen LogP contribution in [0.5, 0.6) is 0 Å². The molecule has 210 valence electrons. The van der Waals surface area contributed by atoms with Crippen molar-refractivity contribution in [1.82, 2.24) is 29.3 Å². The summed E-state index contributed by atoms with van der Waals surface area (Å²) in [6.45, 7) is 2.31. The zero-order valence-electron chi connectivity index (χ0n) is 20.3. The molecular formula is C21H19F6N7O3S2. The van der Waals surface area contributed by atoms with Crippen LogP contribution >= 0.6 is 0 Å². The molecule has 0 N–H and O–H groups in total. The lowest BCUT2D eigenvalue weighted by Crippen LogP contribution is -2.23. The number of aromatic nitrogens is 6. The number of nitrogens with zero attached hydrogens (tertiary/aromatic N) is 7. The lowest BCUT2D eigenvalue weighted by molar-refractivity contribution is -0.144. The SMILES string of the molecule is CCN=S(=O)(c1ccc2c(c1)nc(-c1nc(-n3cnc(C(F)(F)F)n3)ccc1S(=O)(=O)CC)n2C)C(F)(F)F. The molecule has 0 amide bonds. The Kier molecular flexibility index (Phi) is 6.99. The van der Waals surface area contributed by atoms with Gasteiger partial charge in [0.05, 0.1) is 26.6 Å². The third kappa shape index (κ3) is 4.97. The van der Waals surface area contributed by atoms with Crippen LogP contribution in [0.15, 0.2) is 50.8 Å². The van der Waals surface area contributed by atoms with Gasteiger partial charge in [0, 0.05) is 13.6 Å². The van der Waals surface area contributed by atoms with Crippen LogP contribution in [-0.4, -0.2) is 59.7 Å². The second kappa shape index (κ2) is 9.58. The van der Waals surface area contributed by atoms with Gasteiger partial charge >= 0.3 is 11.7 Å². The van der Waals surface area contributed by atoms with Gasteiger partial charge in [-0.15, -0.1) is 5.10 Å². The summed E-state index contributed by atoms with van der Waals surface area (Å²) in [6, 6.07) is 5.41. The van der Waals surface area contributed by atoms with Gasteiger partial charge < -0.3 is 4.57 Å². The maximum Gasteiger partial charge on any atom is 0.483 e. The van der Waals surface area contributed by atoms with Crippen molar-refractivity contribution in [2.75, 3.05) is 12.3 Å². The van der Waals surface area contributed by atoms with Crippen LogP contribution in [0, 0.1) is 0 Å². The number of aryl methyl sites for hydroxylation is 1. The largest absolute Gasteiger partial charge is 0.483 e. The molecule has 39 heavy (non-hydrogen) atoms. The van der Waals surface area contributed by atoms with Gasteiger partial charge in [0.15, 0.2) is 31.2 Å². The Balaban J connectivity index is 1.97. The summed E-state index contributed by atoms with van der Waals surface area (Å²) in [6.07, 6.45) is -4.09. The van der Waals surface area contributed by atoms with E-state index in [-0.39, 0.29) is 45.6 Å². The van der Waals surface area contributed by atoms with E-state index in [1.165, 1.54) is 31.5 Å². The first-order chi connectivity index (χ1) is 18.0. The van der Waals surface area contributed by atoms with E-state index in [4.69, 9.17) is 0 Å². The fourth-order valence-electron chi connectivity index (χ4n) is 3.66. The Morgan fingerprint density at radius 3 is 2.23 bits per heavy atom. The topological polar surface area (TPSA) is 125 Å². The number of alkyl halides is 6. The molecule has 18 heteroatoms. The summed E-state index contributed by atoms with van der Waals surface area (Å²) in [5.74, 6) is -2.16. The standard InChI is InChI=1S/C21H19F6N7O3S2/c1-4-29-39(37,21(25,26)27)12-6-7-14-13(10-12)30-18(33(14)3)17-15(38(35,36)5-2)8-9-16(31-17)34-11-28-19(32-34)20(22,23)24/h6-11H,4-5H2,1-3H3. The summed E-state index contributed by atoms with van der Waals surface area (Å²) in [4.78, 5) is 10.7. The van der Waals surface area contributed by atoms with E-state index in [2.05, 4.69) is 24.4 Å². The highest BCUT2D eigenvalue weighted by Crippen LogP contribution is 2.36. The van der Waals surface area contributed by atoms with Gasteiger partial charge in [-0.05, 0) is 37.3 Å². The van der Waals surface area contributed by atoms with E-state index in [9.17, 15) is 39.0 Å². The van der Waals surface area contributed by atoms with Gasteiger partial charge in [0.25, 0.3) is 5.82 Å². The average Bonchev–Trinajstić information content (AvgIpc) is 3.48. The van der Waals surface area contributed by atoms with Crippen molar-refractivity contribution in [2.24, 2.45) is 11.4 Å². The van der Waals surface area contributed by atoms with Gasteiger partial charge in [0.2, 0.25) is 0 Å². The summed E-state index contributed by atoms with van der Waals surface area (Å²) in [7, 11) is -7.34. The number of imidazole rings is 1. The minimum Gasteiger partial charge on any atom is -0.326 e. The molecule has 3 aromatic heterocycles. The average molecular weight is 596 g/mol. The zero-order valence-corrected chi connectivity index (χ0v) is 22.0. The molecule has 4 aromatic rings. The number of benzene rings is 1. The van der Waals surface area contributed by atoms with Crippen LogP contribution in [0.2, 0.25) is 0 Å². The first-order valence-electron chi connectivity index (χ1n) is 11.0. The van der Waals surface area contributed by atoms with Crippen molar-refractivity contribution < 1.29 is 39.0 Å². The number of pyridine rings is 1. The van der Waals surface area contributed by atoms with E-state index < -0.39 is 42.0 Å². The van der Waals surface area contributed by atoms with E-state index >= 15 is 0 Å². The van der Waals surface area contributed by atoms with Crippen molar-refractivity contribution in [3.05, 3.63) is 42.5 Å². The Morgan fingerprint density at radius 2 is 1.67 bits per heavy atom. The molecule has 0 aliphatic heterocycles. The molecule has 1 atom stereocenters. The number of hydrogen-bond donors (Lipinski definition) is 0. The van der Waals surface area contributed by atoms with Crippen LogP contribution in [0.4, 0.5) is 26.3 Å². The highest BCUT2D eigenvalue weighted by molar-refractivity contribution is 7.94. The fraction of sp³-hybridized carbons (Fsp3) is 0.333. The maximum absolute atomic E-state index is 13.7. The highest BCUT2D eigenvalue weighted by Gasteiger charge is 2.44. The normalized spacial score (nSPS) is 14.5. The molecule has 0 aliphatic carbocycles. The number of halogens is 6. The summed E-state index contributed by atoms with van der Waals surface area (Å²) < 4.78 is 124. The van der Waals surface area contributed by atoms with Gasteiger partial charge in [-0.25, -0.2) is 36.6 Å². The molecule has 0 saturated heterocycles. The molecule has 0 fully saturated rings. The molecule has 0 aliphatic rings. The zero-order chi connectivity index (χ0) is 29.0. The second-order valence-corrected chi connectivity index (χ2v) is 12.5. The van der Waals surface area contributed by atoms with Crippen LogP contribution < -0.4 is 0 Å². The quantitative estimate of drug-likeness (QED) is 0.303. The first kappa shape index (κ1) is 28.5. The van der Waals surface area contributed by atoms with Crippen molar-refractivity contribution in [3.63, 3.8) is 0 Å². The van der Waals surface area contributed by atoms with Gasteiger partial charge in [-0.3, -0.25) is 0 Å². The minimum atomic E-state index is -5.17. The molecule has 1 aromatic carbocycles. The van der Waals surface area contributed by atoms with E-state index in [1.807, 2.05) is 0 Å². The summed E-state index contributed by atoms with van der Waals surface area (Å²) >= 11 is 0. The number of rotatable bonds is 6. The Bertz CT molecular complexity index is 1800. The third-order valence-corrected chi connectivity index (χ3v) is 9.45. The Morgan fingerprint density at radius 1 is 0.974 bits per heavy atom. The van der Waals surface area contributed by atoms with E-state index in [0.717, 1.165) is 30.6 Å². The number of sulfone groups is 1. The highest BCUT2D eigenvalue weighted by atomic mass is 32.2. The molecule has 3 heterocycles. The number of hydrogen-bond acceptors (Lipinski definition) is 8. The molecule has 0 spiro atoms. The third-order valence-electron chi connectivity index (χ3n) is 5.55. The molecule has 0 saturated carbocycles. The molecule has 10 nitrogen and oxygen atoms in total. The minimum absolute atomic E-state index is 0.0690. The summed E-state index contributed by atoms with van der Waals surface area (Å²) in [5.41, 5.74) is -5.28. The smallest absolute Gasteiger partial charge is 0.326 e. The second-order valence-electron chi connectivity index (χ2n) is 7.99. The van der Waals surface area contributed by atoms with E-state index in [0.29, 0.717) is 4.68 Å². The van der Waals surface area contributed by atoms with Crippen LogP contribution in [0.3, 0.4) is 0 Å². The molecule has 1 unspecified atom stereocenters. The molecular weight excluding hydrogens is 576 g/mol. The maximum atomic E-state index is 13.7. The van der Waals surface area contributed by atoms with Crippen LogP contribution in [-0.2, 0) is 32.8 Å². The van der Waals surface area contributed by atoms with Gasteiger partial charge in [-0.2, -0.15) is 26.3 Å². The van der Waals surface area contributed by atoms with Crippen molar-refractivity contribution in [1.29, 1.82) is 0 Å². The molecule has 4 rings (SSSR count). The lowest BCUT2D eigenvalue weighted by Gasteiger charge is -2.13. The lowest BCUT2D eigenvalue weighted by atomic mass is 10.3. The van der Waals surface area contributed by atoms with Gasteiger partial charge in [0.1, 0.15) is 12.0 Å². The molecule has 0 bridgehead atoms. The van der Waals surface area contributed by atoms with Crippen molar-refractivity contribution in [2.45, 2.75) is 35.3 Å². The van der Waals surface area contributed by atoms with Crippen molar-refractivity contribution in [3.8, 4) is 17.3 Å². The van der Waals surface area contributed by atoms with Gasteiger partial charge in [-0.1, -0.05) is 6.92 Å². The number of fused-ring (bicyclic) bond motifs is 1. The molecule has 0 radical (unpaired) electrons. The first-order valence-corrected chi connectivity index (χ1v) is 14.2. The predicted molar refractivity (Wildman–Crippen MR) is 127 cm³/mol. The summed E-state index contributed by atoms with van der Waals surface area (Å²) in [5, 5.41) is 3.34. The van der Waals surface area contributed by atoms with Crippen molar-refractivity contribution >= 4 is 30.6 Å². The van der Waals surface area contributed by atoms with E-state index in [1.54, 1.807) is 0 Å². The Labute approximate surface area is 217 Å². The monoisotopic (exact) mass is 595 g/mol. The van der Waals surface area contributed by atoms with Crippen LogP contribution in [0.25, 0.3) is 28.4 Å².